The quantitative estimate of drug-likeness (QED) is 0.150. The minimum Gasteiger partial charge on any atom is -0.508 e. The lowest BCUT2D eigenvalue weighted by atomic mass is 9.97. The monoisotopic (exact) mass is 666 g/mol. The second-order valence-corrected chi connectivity index (χ2v) is 14.5. The molecule has 0 radical (unpaired) electrons. The second-order valence-electron chi connectivity index (χ2n) is 12.0. The van der Waals surface area contributed by atoms with Crippen LogP contribution in [-0.4, -0.2) is 10.2 Å². The maximum Gasteiger partial charge on any atom is 0.120 e. The summed E-state index contributed by atoms with van der Waals surface area (Å²) >= 11 is 3.78. The minimum atomic E-state index is 0.0764. The van der Waals surface area contributed by atoms with Gasteiger partial charge in [0.15, 0.2) is 0 Å². The van der Waals surface area contributed by atoms with Crippen molar-refractivity contribution in [3.63, 3.8) is 0 Å². The summed E-state index contributed by atoms with van der Waals surface area (Å²) in [6.45, 7) is 0. The molecule has 2 heterocycles. The summed E-state index contributed by atoms with van der Waals surface area (Å²) in [5.41, 5.74) is 6.82. The van der Waals surface area contributed by atoms with Gasteiger partial charge in [-0.25, -0.2) is 0 Å². The molecular weight excluding hydrogens is 629 g/mol. The number of anilines is 2. The maximum absolute atomic E-state index is 10.3. The Bertz CT molecular complexity index is 1810. The largest absolute Gasteiger partial charge is 0.508 e. The van der Waals surface area contributed by atoms with Gasteiger partial charge in [0.05, 0.1) is 12.1 Å². The zero-order valence-electron chi connectivity index (χ0n) is 26.4. The zero-order valence-corrected chi connectivity index (χ0v) is 28.1. The number of nitrogens with one attached hydrogen (secondary N) is 2. The van der Waals surface area contributed by atoms with Gasteiger partial charge in [-0.15, -0.1) is 23.5 Å². The molecule has 4 atom stereocenters. The van der Waals surface area contributed by atoms with Crippen LogP contribution in [0.1, 0.15) is 57.7 Å². The first-order chi connectivity index (χ1) is 23.6. The van der Waals surface area contributed by atoms with E-state index in [2.05, 4.69) is 120 Å². The molecule has 0 unspecified atom stereocenters. The second kappa shape index (κ2) is 15.0. The van der Waals surface area contributed by atoms with E-state index in [0.29, 0.717) is 22.0 Å². The number of fused-ring (bicyclic) bond motifs is 2. The Kier molecular flexibility index (Phi) is 9.92. The van der Waals surface area contributed by atoms with Crippen molar-refractivity contribution in [2.24, 2.45) is 0 Å². The third kappa shape index (κ3) is 7.35. The summed E-state index contributed by atoms with van der Waals surface area (Å²) in [7, 11) is 0. The molecule has 0 aromatic heterocycles. The average Bonchev–Trinajstić information content (AvgIpc) is 3.46. The number of rotatable bonds is 4. The molecule has 6 aromatic rings. The predicted molar refractivity (Wildman–Crippen MR) is 201 cm³/mol. The molecule has 0 saturated carbocycles. The Morgan fingerprint density at radius 1 is 0.417 bits per heavy atom. The fraction of sp³-hybridized carbons (Fsp3) is 0.143. The molecule has 2 aliphatic heterocycles. The molecule has 0 saturated heterocycles. The molecule has 4 nitrogen and oxygen atoms in total. The molecule has 0 bridgehead atoms. The fourth-order valence-electron chi connectivity index (χ4n) is 6.42. The van der Waals surface area contributed by atoms with Crippen LogP contribution in [0.3, 0.4) is 0 Å². The normalized spacial score (nSPS) is 19.8. The molecule has 8 rings (SSSR count). The lowest BCUT2D eigenvalue weighted by Gasteiger charge is -2.22. The highest BCUT2D eigenvalue weighted by atomic mass is 32.2. The molecule has 0 spiro atoms. The number of phenols is 2. The van der Waals surface area contributed by atoms with Crippen molar-refractivity contribution in [2.45, 2.75) is 45.2 Å². The van der Waals surface area contributed by atoms with Gasteiger partial charge in [-0.2, -0.15) is 0 Å². The van der Waals surface area contributed by atoms with Crippen molar-refractivity contribution >= 4 is 34.9 Å². The summed E-state index contributed by atoms with van der Waals surface area (Å²) in [6.07, 6.45) is 1.84. The smallest absolute Gasteiger partial charge is 0.120 e. The van der Waals surface area contributed by atoms with Gasteiger partial charge in [0.2, 0.25) is 0 Å². The number of aromatic hydroxyl groups is 2. The molecule has 0 aliphatic carbocycles. The van der Waals surface area contributed by atoms with E-state index in [1.165, 1.54) is 20.9 Å². The summed E-state index contributed by atoms with van der Waals surface area (Å²) in [5, 5.41) is 28.6. The van der Waals surface area contributed by atoms with Crippen molar-refractivity contribution in [1.82, 2.24) is 0 Å². The SMILES string of the molecule is Oc1ccccc1[C@H]1C[C@@H](c2ccccc2)Sc2ccccc2N1.Oc1ccccc1[C@H]1C[C@H](c2ccccc2)Sc2ccccc2N1. The van der Waals surface area contributed by atoms with Crippen LogP contribution >= 0.6 is 23.5 Å². The van der Waals surface area contributed by atoms with E-state index in [1.54, 1.807) is 12.1 Å². The fourth-order valence-corrected chi connectivity index (χ4v) is 9.02. The maximum atomic E-state index is 10.3. The third-order valence-corrected chi connectivity index (χ3v) is 11.6. The number of phenolic OH excluding ortho intramolecular Hbond substituents is 2. The predicted octanol–water partition coefficient (Wildman–Crippen LogP) is 11.6. The molecule has 2 aliphatic rings. The van der Waals surface area contributed by atoms with E-state index in [0.717, 1.165) is 35.3 Å². The van der Waals surface area contributed by atoms with Gasteiger partial charge in [-0.3, -0.25) is 0 Å². The summed E-state index contributed by atoms with van der Waals surface area (Å²) in [5.74, 6) is 0.706. The molecule has 0 fully saturated rings. The molecular formula is C42H38N2O2S2. The van der Waals surface area contributed by atoms with E-state index in [-0.39, 0.29) is 12.1 Å². The lowest BCUT2D eigenvalue weighted by molar-refractivity contribution is 0.461. The van der Waals surface area contributed by atoms with Crippen molar-refractivity contribution in [1.29, 1.82) is 0 Å². The highest BCUT2D eigenvalue weighted by molar-refractivity contribution is 8.00. The van der Waals surface area contributed by atoms with Gasteiger partial charge in [-0.1, -0.05) is 121 Å². The van der Waals surface area contributed by atoms with Crippen molar-refractivity contribution < 1.29 is 10.2 Å². The Morgan fingerprint density at radius 3 is 1.19 bits per heavy atom. The van der Waals surface area contributed by atoms with Gasteiger partial charge in [0.25, 0.3) is 0 Å². The number of hydrogen-bond acceptors (Lipinski definition) is 6. The highest BCUT2D eigenvalue weighted by Crippen LogP contribution is 2.50. The van der Waals surface area contributed by atoms with Crippen molar-refractivity contribution in [2.75, 3.05) is 10.6 Å². The van der Waals surface area contributed by atoms with E-state index >= 15 is 0 Å². The molecule has 6 heteroatoms. The number of thioether (sulfide) groups is 2. The first kappa shape index (κ1) is 31.8. The molecule has 6 aromatic carbocycles. The van der Waals surface area contributed by atoms with E-state index in [4.69, 9.17) is 0 Å². The van der Waals surface area contributed by atoms with Gasteiger partial charge in [0, 0.05) is 42.8 Å². The Labute approximate surface area is 291 Å². The molecule has 240 valence electrons. The zero-order chi connectivity index (χ0) is 32.7. The Balaban J connectivity index is 0.000000152. The summed E-state index contributed by atoms with van der Waals surface area (Å²) in [6, 6.07) is 53.4. The van der Waals surface area contributed by atoms with Crippen molar-refractivity contribution in [3.05, 3.63) is 180 Å². The van der Waals surface area contributed by atoms with Gasteiger partial charge >= 0.3 is 0 Å². The molecule has 4 N–H and O–H groups in total. The topological polar surface area (TPSA) is 64.5 Å². The van der Waals surface area contributed by atoms with Crippen LogP contribution in [0, 0.1) is 0 Å². The Morgan fingerprint density at radius 2 is 0.771 bits per heavy atom. The Hall–Kier alpha value is -4.78. The van der Waals surface area contributed by atoms with Crippen LogP contribution in [0.4, 0.5) is 11.4 Å². The third-order valence-electron chi connectivity index (χ3n) is 8.84. The van der Waals surface area contributed by atoms with Gasteiger partial charge < -0.3 is 20.8 Å². The van der Waals surface area contributed by atoms with Crippen molar-refractivity contribution in [3.8, 4) is 11.5 Å². The van der Waals surface area contributed by atoms with Crippen LogP contribution in [0.2, 0.25) is 0 Å². The standard InChI is InChI=1S/2C21H19NOS/c2*23-19-12-6-4-10-16(19)18-14-21(15-8-2-1-3-9-15)24-20-13-7-5-11-17(20)22-18/h2*1-13,18,21-23H,14H2/t18-,21+;18-,21-/m11/s1. The average molecular weight is 667 g/mol. The van der Waals surface area contributed by atoms with Crippen LogP contribution in [-0.2, 0) is 0 Å². The molecule has 0 amide bonds. The summed E-state index contributed by atoms with van der Waals surface area (Å²) in [4.78, 5) is 2.51. The van der Waals surface area contributed by atoms with Gasteiger partial charge in [0.1, 0.15) is 11.5 Å². The van der Waals surface area contributed by atoms with E-state index in [9.17, 15) is 10.2 Å². The van der Waals surface area contributed by atoms with Crippen LogP contribution < -0.4 is 10.6 Å². The van der Waals surface area contributed by atoms with Crippen LogP contribution in [0.25, 0.3) is 0 Å². The van der Waals surface area contributed by atoms with E-state index < -0.39 is 0 Å². The highest BCUT2D eigenvalue weighted by Gasteiger charge is 2.28. The van der Waals surface area contributed by atoms with Crippen LogP contribution in [0.15, 0.2) is 168 Å². The minimum absolute atomic E-state index is 0.0764. The summed E-state index contributed by atoms with van der Waals surface area (Å²) < 4.78 is 0. The first-order valence-corrected chi connectivity index (χ1v) is 18.1. The number of benzene rings is 6. The van der Waals surface area contributed by atoms with Crippen LogP contribution in [0.5, 0.6) is 11.5 Å². The van der Waals surface area contributed by atoms with Gasteiger partial charge in [-0.05, 0) is 60.4 Å². The van der Waals surface area contributed by atoms with E-state index in [1.807, 2.05) is 59.9 Å². The number of para-hydroxylation sites is 4. The lowest BCUT2D eigenvalue weighted by Crippen LogP contribution is -2.12. The first-order valence-electron chi connectivity index (χ1n) is 16.3. The molecule has 48 heavy (non-hydrogen) atoms. The number of hydrogen-bond donors (Lipinski definition) is 4.